The third-order valence-electron chi connectivity index (χ3n) is 13.5. The lowest BCUT2D eigenvalue weighted by atomic mass is 10.0. The maximum Gasteiger partial charge on any atom is 0.136 e. The van der Waals surface area contributed by atoms with Crippen molar-refractivity contribution in [3.05, 3.63) is 159 Å². The summed E-state index contributed by atoms with van der Waals surface area (Å²) in [7, 11) is 0. The van der Waals surface area contributed by atoms with Gasteiger partial charge in [-0.05, 0) is 67.6 Å². The van der Waals surface area contributed by atoms with Crippen LogP contribution in [-0.4, -0.2) is 58.0 Å². The van der Waals surface area contributed by atoms with Gasteiger partial charge in [-0.3, -0.25) is 0 Å². The van der Waals surface area contributed by atoms with Crippen LogP contribution in [0.3, 0.4) is 0 Å². The third kappa shape index (κ3) is 21.2. The number of unbranched alkanes of at least 4 members (excludes halogenated alkanes) is 14. The Kier molecular flexibility index (Phi) is 27.5. The molecule has 0 unspecified atom stereocenters. The molecule has 5 aromatic carbocycles. The highest BCUT2D eigenvalue weighted by Gasteiger charge is 2.18. The van der Waals surface area contributed by atoms with Crippen molar-refractivity contribution in [1.29, 1.82) is 0 Å². The molecule has 404 valence electrons. The minimum absolute atomic E-state index is 0.106. The molecule has 0 saturated heterocycles. The molecule has 0 aliphatic carbocycles. The van der Waals surface area contributed by atoms with Gasteiger partial charge in [0, 0.05) is 39.9 Å². The molecule has 1 N–H and O–H groups in total. The Morgan fingerprint density at radius 3 is 1.43 bits per heavy atom. The lowest BCUT2D eigenvalue weighted by molar-refractivity contribution is -0.0646. The van der Waals surface area contributed by atoms with Crippen LogP contribution in [0.25, 0.3) is 0 Å². The fourth-order valence-corrected chi connectivity index (χ4v) is 9.13. The number of hydrogen-bond donors (Lipinski definition) is 1. The Labute approximate surface area is 456 Å². The van der Waals surface area contributed by atoms with E-state index in [0.717, 1.165) is 70.4 Å². The van der Waals surface area contributed by atoms with Crippen molar-refractivity contribution in [2.24, 2.45) is 0 Å². The van der Waals surface area contributed by atoms with Gasteiger partial charge in [-0.2, -0.15) is 0 Å². The quantitative estimate of drug-likeness (QED) is 0.0542. The highest BCUT2D eigenvalue weighted by Crippen LogP contribution is 2.31. The second-order valence-electron chi connectivity index (χ2n) is 19.7. The van der Waals surface area contributed by atoms with Gasteiger partial charge in [0.25, 0.3) is 0 Å². The standard InChI is InChI=1S/C68H84O8/c1-5-8-10-12-14-16-18-26-39-73-64-49-61(65(48-60(64)28-7-3)74-40-27-19-17-15-13-11-9-6-2)38-37-56-35-33-54(4)45-59(56)36-34-55-46-62-50-71-52-66(57-29-22-20-23-30-57)75-43-41-70-42-44-76-67(58-31-24-21-25-32-58)53-72-51-63(47-55)68(62)69/h20-25,29-33,35,45-49,66-67,69H,5-6,8-19,26-27,39-44,50-53H2,1-4H3/t66-,67-/m1/s1. The highest BCUT2D eigenvalue weighted by molar-refractivity contribution is 5.62. The van der Waals surface area contributed by atoms with Crippen LogP contribution >= 0.6 is 0 Å². The van der Waals surface area contributed by atoms with E-state index in [2.05, 4.69) is 68.4 Å². The normalized spacial score (nSPS) is 15.4. The number of hydrogen-bond acceptors (Lipinski definition) is 8. The largest absolute Gasteiger partial charge is 0.507 e. The van der Waals surface area contributed by atoms with E-state index in [9.17, 15) is 5.11 Å². The van der Waals surface area contributed by atoms with E-state index in [1.165, 1.54) is 77.0 Å². The lowest BCUT2D eigenvalue weighted by Crippen LogP contribution is -2.18. The second-order valence-corrected chi connectivity index (χ2v) is 19.7. The molecule has 0 radical (unpaired) electrons. The minimum Gasteiger partial charge on any atom is -0.507 e. The summed E-state index contributed by atoms with van der Waals surface area (Å²) in [6, 6.07) is 34.0. The topological polar surface area (TPSA) is 84.8 Å². The van der Waals surface area contributed by atoms with Crippen molar-refractivity contribution in [2.75, 3.05) is 52.9 Å². The third-order valence-corrected chi connectivity index (χ3v) is 13.5. The van der Waals surface area contributed by atoms with Gasteiger partial charge in [-0.1, -0.05) is 200 Å². The van der Waals surface area contributed by atoms with Crippen molar-refractivity contribution in [2.45, 2.75) is 156 Å². The molecule has 1 aliphatic rings. The molecule has 0 saturated carbocycles. The predicted molar refractivity (Wildman–Crippen MR) is 307 cm³/mol. The first kappa shape index (κ1) is 59.2. The number of aryl methyl sites for hydroxylation is 1. The van der Waals surface area contributed by atoms with Crippen LogP contribution in [0.5, 0.6) is 17.2 Å². The Balaban J connectivity index is 1.27. The molecule has 8 heteroatoms. The van der Waals surface area contributed by atoms with Crippen LogP contribution in [0.1, 0.15) is 191 Å². The first-order chi connectivity index (χ1) is 37.4. The monoisotopic (exact) mass is 1030 g/mol. The van der Waals surface area contributed by atoms with Crippen molar-refractivity contribution in [3.8, 4) is 52.8 Å². The van der Waals surface area contributed by atoms with Gasteiger partial charge in [0.1, 0.15) is 29.5 Å². The Bertz CT molecular complexity index is 2570. The van der Waals surface area contributed by atoms with Crippen LogP contribution in [-0.2, 0) is 36.9 Å². The van der Waals surface area contributed by atoms with E-state index in [0.29, 0.717) is 62.1 Å². The van der Waals surface area contributed by atoms with Crippen LogP contribution in [0.15, 0.2) is 103 Å². The van der Waals surface area contributed by atoms with Crippen LogP contribution in [0.2, 0.25) is 0 Å². The first-order valence-electron chi connectivity index (χ1n) is 28.4. The Hall–Kier alpha value is -6.02. The second kappa shape index (κ2) is 35.3. The molecule has 6 rings (SSSR count). The van der Waals surface area contributed by atoms with Crippen LogP contribution in [0, 0.1) is 42.4 Å². The zero-order chi connectivity index (χ0) is 53.3. The fraction of sp³-hybridized carbons (Fsp3) is 0.471. The zero-order valence-corrected chi connectivity index (χ0v) is 46.2. The number of fused-ring (bicyclic) bond motifs is 2. The van der Waals surface area contributed by atoms with E-state index in [1.54, 1.807) is 0 Å². The van der Waals surface area contributed by atoms with Crippen molar-refractivity contribution in [3.63, 3.8) is 0 Å². The SMILES string of the molecule is CC#Cc1cc(OCCCCCCCCCC)c(C#Cc2ccc(C)cc2C#Cc2cc3c(O)c(c2)COC[C@H](c2ccccc2)OCCOCCO[C@@H](c2ccccc2)COC3)cc1OCCCCCCCCCC. The van der Waals surface area contributed by atoms with Gasteiger partial charge in [0.15, 0.2) is 0 Å². The van der Waals surface area contributed by atoms with Gasteiger partial charge in [-0.15, -0.1) is 5.92 Å². The molecule has 1 heterocycles. The number of benzene rings is 5. The molecule has 2 bridgehead atoms. The first-order valence-corrected chi connectivity index (χ1v) is 28.4. The summed E-state index contributed by atoms with van der Waals surface area (Å²) in [4.78, 5) is 0. The number of rotatable bonds is 22. The average Bonchev–Trinajstić information content (AvgIpc) is 3.44. The molecule has 0 fully saturated rings. The molecule has 8 nitrogen and oxygen atoms in total. The summed E-state index contributed by atoms with van der Waals surface area (Å²) in [5, 5.41) is 11.8. The predicted octanol–water partition coefficient (Wildman–Crippen LogP) is 15.5. The van der Waals surface area contributed by atoms with Crippen molar-refractivity contribution >= 4 is 0 Å². The molecule has 0 amide bonds. The van der Waals surface area contributed by atoms with Gasteiger partial charge < -0.3 is 38.3 Å². The smallest absolute Gasteiger partial charge is 0.136 e. The molecule has 76 heavy (non-hydrogen) atoms. The van der Waals surface area contributed by atoms with E-state index in [1.807, 2.05) is 97.9 Å². The Morgan fingerprint density at radius 1 is 0.474 bits per heavy atom. The number of phenols is 1. The van der Waals surface area contributed by atoms with Gasteiger partial charge in [0.2, 0.25) is 0 Å². The molecular weight excluding hydrogens is 945 g/mol. The maximum absolute atomic E-state index is 11.8. The summed E-state index contributed by atoms with van der Waals surface area (Å²) in [5.74, 6) is 21.8. The summed E-state index contributed by atoms with van der Waals surface area (Å²) in [6.45, 7) is 12.0. The van der Waals surface area contributed by atoms with Crippen molar-refractivity contribution in [1.82, 2.24) is 0 Å². The summed E-state index contributed by atoms with van der Waals surface area (Å²) >= 11 is 0. The number of phenolic OH excluding ortho intramolecular Hbond substituents is 1. The molecule has 1 aliphatic heterocycles. The van der Waals surface area contributed by atoms with E-state index in [4.69, 9.17) is 33.2 Å². The molecule has 0 aromatic heterocycles. The van der Waals surface area contributed by atoms with Crippen molar-refractivity contribution < 1.29 is 38.3 Å². The number of aromatic hydroxyl groups is 1. The summed E-state index contributed by atoms with van der Waals surface area (Å²) in [6.07, 6.45) is 19.0. The van der Waals surface area contributed by atoms with E-state index in [-0.39, 0.29) is 44.4 Å². The summed E-state index contributed by atoms with van der Waals surface area (Å²) in [5.41, 5.74) is 8.09. The molecule has 5 aromatic rings. The zero-order valence-electron chi connectivity index (χ0n) is 46.2. The molecular formula is C68H84O8. The summed E-state index contributed by atoms with van der Waals surface area (Å²) < 4.78 is 44.2. The molecule has 0 spiro atoms. The van der Waals surface area contributed by atoms with E-state index < -0.39 is 0 Å². The Morgan fingerprint density at radius 2 is 0.934 bits per heavy atom. The van der Waals surface area contributed by atoms with Gasteiger partial charge in [-0.25, -0.2) is 0 Å². The maximum atomic E-state index is 11.8. The molecule has 2 atom stereocenters. The van der Waals surface area contributed by atoms with Crippen LogP contribution in [0.4, 0.5) is 0 Å². The minimum atomic E-state index is -0.338. The number of ether oxygens (including phenoxy) is 7. The van der Waals surface area contributed by atoms with E-state index >= 15 is 0 Å². The van der Waals surface area contributed by atoms with Crippen LogP contribution < -0.4 is 9.47 Å². The van der Waals surface area contributed by atoms with Gasteiger partial charge >= 0.3 is 0 Å². The van der Waals surface area contributed by atoms with Gasteiger partial charge in [0.05, 0.1) is 77.2 Å². The fourth-order valence-electron chi connectivity index (χ4n) is 9.13. The lowest BCUT2D eigenvalue weighted by Gasteiger charge is -2.21. The average molecular weight is 1030 g/mol. The highest BCUT2D eigenvalue weighted by atomic mass is 16.6.